The van der Waals surface area contributed by atoms with Gasteiger partial charge in [-0.1, -0.05) is 33.8 Å². The largest absolute Gasteiger partial charge is 0.479 e. The van der Waals surface area contributed by atoms with Crippen LogP contribution in [0.1, 0.15) is 51.7 Å². The van der Waals surface area contributed by atoms with Gasteiger partial charge in [-0.05, 0) is 17.7 Å². The number of aliphatic carboxylic acids is 1. The summed E-state index contributed by atoms with van der Waals surface area (Å²) in [6.45, 7) is 17.0. The van der Waals surface area contributed by atoms with Crippen LogP contribution in [0.5, 0.6) is 5.75 Å². The highest BCUT2D eigenvalue weighted by molar-refractivity contribution is 5.83. The second-order valence-electron chi connectivity index (χ2n) is 18.7. The quantitative estimate of drug-likeness (QED) is 0.0199. The highest BCUT2D eigenvalue weighted by atomic mass is 16.7. The molecule has 2 rings (SSSR count). The lowest BCUT2D eigenvalue weighted by atomic mass is 9.99. The van der Waals surface area contributed by atoms with E-state index in [0.717, 1.165) is 0 Å². The molecule has 9 N–H and O–H groups in total. The van der Waals surface area contributed by atoms with Crippen LogP contribution in [-0.4, -0.2) is 270 Å². The average Bonchev–Trinajstić information content (AvgIpc) is 3.45. The third-order valence-corrected chi connectivity index (χ3v) is 11.3. The van der Waals surface area contributed by atoms with Crippen LogP contribution < -0.4 is 26.0 Å². The number of rotatable bonds is 53. The van der Waals surface area contributed by atoms with Crippen molar-refractivity contribution in [2.45, 2.75) is 103 Å². The van der Waals surface area contributed by atoms with Crippen molar-refractivity contribution in [3.05, 3.63) is 29.3 Å². The molecule has 1 aromatic carbocycles. The monoisotopic (exact) mass is 1170 g/mol. The summed E-state index contributed by atoms with van der Waals surface area (Å²) in [5.41, 5.74) is 0.898. The van der Waals surface area contributed by atoms with E-state index in [9.17, 15) is 44.7 Å². The molecular weight excluding hydrogens is 1080 g/mol. The topological polar surface area (TPSA) is 356 Å². The summed E-state index contributed by atoms with van der Waals surface area (Å²) in [7, 11) is 1.63. The first-order valence-corrected chi connectivity index (χ1v) is 27.6. The lowest BCUT2D eigenvalue weighted by Gasteiger charge is -2.38. The molecule has 81 heavy (non-hydrogen) atoms. The summed E-state index contributed by atoms with van der Waals surface area (Å²) in [5.74, 6) is -3.05. The SMILES string of the molecule is COCCOCCOCCOCCOCCOCCOCCOCCOCCOCCOCCOCCC(=O)NC[C@H](NC(C)C)C(=O)NCCC(O)NCc1cc(COC(=O)C(C)C)ccc1O[C@@H]1O[C@H](C(=O)O)[C@@H](O)[C@H](O)[C@H]1O. The lowest BCUT2D eigenvalue weighted by molar-refractivity contribution is -0.271. The Morgan fingerprint density at radius 3 is 1.49 bits per heavy atom. The van der Waals surface area contributed by atoms with E-state index in [0.29, 0.717) is 150 Å². The van der Waals surface area contributed by atoms with E-state index in [1.54, 1.807) is 33.1 Å². The van der Waals surface area contributed by atoms with Crippen LogP contribution in [0.2, 0.25) is 0 Å². The van der Waals surface area contributed by atoms with E-state index in [1.807, 2.05) is 13.8 Å². The van der Waals surface area contributed by atoms with Gasteiger partial charge in [0.1, 0.15) is 42.9 Å². The van der Waals surface area contributed by atoms with Gasteiger partial charge >= 0.3 is 11.9 Å². The van der Waals surface area contributed by atoms with E-state index < -0.39 is 60.8 Å². The number of benzene rings is 1. The number of carboxylic acids is 1. The summed E-state index contributed by atoms with van der Waals surface area (Å²) < 4.78 is 81.5. The number of carbonyl (C=O) groups is 4. The lowest BCUT2D eigenvalue weighted by Crippen LogP contribution is -2.61. The van der Waals surface area contributed by atoms with Crippen molar-refractivity contribution in [3.63, 3.8) is 0 Å². The Morgan fingerprint density at radius 1 is 0.605 bits per heavy atom. The molecule has 0 aromatic heterocycles. The Kier molecular flexibility index (Phi) is 42.9. The first-order chi connectivity index (χ1) is 39.1. The van der Waals surface area contributed by atoms with Gasteiger partial charge in [0, 0.05) is 51.2 Å². The number of amides is 2. The zero-order valence-electron chi connectivity index (χ0n) is 47.9. The molecule has 1 aromatic rings. The molecular formula is C53H94N4O24. The fraction of sp³-hybridized carbons (Fsp3) is 0.811. The van der Waals surface area contributed by atoms with Crippen LogP contribution in [0.3, 0.4) is 0 Å². The predicted octanol–water partition coefficient (Wildman–Crippen LogP) is -1.73. The highest BCUT2D eigenvalue weighted by Gasteiger charge is 2.48. The molecule has 1 unspecified atom stereocenters. The summed E-state index contributed by atoms with van der Waals surface area (Å²) in [6, 6.07) is 3.72. The zero-order valence-corrected chi connectivity index (χ0v) is 47.9. The van der Waals surface area contributed by atoms with Crippen LogP contribution in [-0.2, 0) is 98.6 Å². The Balaban J connectivity index is 1.49. The fourth-order valence-corrected chi connectivity index (χ4v) is 6.90. The Labute approximate surface area is 475 Å². The number of esters is 1. The first kappa shape index (κ1) is 73.2. The molecule has 470 valence electrons. The van der Waals surface area contributed by atoms with Gasteiger partial charge in [0.2, 0.25) is 18.1 Å². The highest BCUT2D eigenvalue weighted by Crippen LogP contribution is 2.28. The van der Waals surface area contributed by atoms with E-state index in [1.165, 1.54) is 6.07 Å². The number of aliphatic hydroxyl groups excluding tert-OH is 4. The molecule has 0 bridgehead atoms. The second kappa shape index (κ2) is 47.5. The number of aliphatic hydroxyl groups is 4. The molecule has 1 saturated heterocycles. The summed E-state index contributed by atoms with van der Waals surface area (Å²) in [5, 5.41) is 62.7. The third-order valence-electron chi connectivity index (χ3n) is 11.3. The Bertz CT molecular complexity index is 1770. The molecule has 7 atom stereocenters. The normalized spacial score (nSPS) is 18.0. The van der Waals surface area contributed by atoms with Crippen LogP contribution >= 0.6 is 0 Å². The van der Waals surface area contributed by atoms with Crippen molar-refractivity contribution in [1.29, 1.82) is 0 Å². The van der Waals surface area contributed by atoms with Gasteiger partial charge in [-0.3, -0.25) is 19.7 Å². The molecule has 1 aliphatic rings. The van der Waals surface area contributed by atoms with Crippen LogP contribution in [0.15, 0.2) is 18.2 Å². The van der Waals surface area contributed by atoms with Crippen LogP contribution in [0.25, 0.3) is 0 Å². The molecule has 2 amide bonds. The average molecular weight is 1170 g/mol. The predicted molar refractivity (Wildman–Crippen MR) is 287 cm³/mol. The van der Waals surface area contributed by atoms with Crippen LogP contribution in [0.4, 0.5) is 0 Å². The fourth-order valence-electron chi connectivity index (χ4n) is 6.90. The molecule has 0 saturated carbocycles. The second-order valence-corrected chi connectivity index (χ2v) is 18.7. The van der Waals surface area contributed by atoms with Gasteiger partial charge in [0.25, 0.3) is 0 Å². The third kappa shape index (κ3) is 36.5. The molecule has 0 radical (unpaired) electrons. The van der Waals surface area contributed by atoms with E-state index in [-0.39, 0.29) is 75.9 Å². The van der Waals surface area contributed by atoms with Crippen molar-refractivity contribution >= 4 is 23.8 Å². The maximum absolute atomic E-state index is 13.2. The van der Waals surface area contributed by atoms with Crippen molar-refractivity contribution in [1.82, 2.24) is 21.3 Å². The van der Waals surface area contributed by atoms with Crippen molar-refractivity contribution in [2.75, 3.05) is 172 Å². The zero-order chi connectivity index (χ0) is 59.3. The molecule has 0 spiro atoms. The first-order valence-electron chi connectivity index (χ1n) is 27.6. The molecule has 1 fully saturated rings. The number of nitrogens with one attached hydrogen (secondary N) is 4. The number of hydrogen-bond donors (Lipinski definition) is 9. The van der Waals surface area contributed by atoms with Gasteiger partial charge in [0.15, 0.2) is 6.10 Å². The number of methoxy groups -OCH3 is 1. The maximum Gasteiger partial charge on any atom is 0.335 e. The number of carbonyl (C=O) groups excluding carboxylic acids is 3. The molecule has 1 aliphatic heterocycles. The molecule has 1 heterocycles. The van der Waals surface area contributed by atoms with Gasteiger partial charge < -0.3 is 113 Å². The molecule has 0 aliphatic carbocycles. The van der Waals surface area contributed by atoms with Crippen molar-refractivity contribution in [2.24, 2.45) is 5.92 Å². The van der Waals surface area contributed by atoms with Gasteiger partial charge in [-0.15, -0.1) is 0 Å². The Morgan fingerprint density at radius 2 is 1.06 bits per heavy atom. The van der Waals surface area contributed by atoms with Gasteiger partial charge in [-0.25, -0.2) is 4.79 Å². The van der Waals surface area contributed by atoms with E-state index in [2.05, 4.69) is 21.3 Å². The van der Waals surface area contributed by atoms with Crippen molar-refractivity contribution < 1.29 is 116 Å². The van der Waals surface area contributed by atoms with E-state index >= 15 is 0 Å². The number of hydrogen-bond acceptors (Lipinski definition) is 25. The standard InChI is InChI=1S/C53H94N4O24/c1-38(2)52(66)79-37-40-6-7-43(80-53-48(62)46(60)47(61)49(81-53)51(64)65)41(34-40)35-55-44(58)8-10-54-50(63)42(57-39(3)4)36-56-45(59)9-11-68-14-15-70-18-19-72-22-23-74-26-27-76-30-31-78-33-32-77-29-28-75-25-24-73-21-20-71-17-16-69-13-12-67-5/h6-7,34,38-39,42,44,46-49,53,55,57-58,60-62H,8-33,35-37H2,1-5H3,(H,54,63)(H,56,59)(H,64,65)/t42-,44?,46-,47-,48+,49-,53+/m0/s1. The van der Waals surface area contributed by atoms with Gasteiger partial charge in [0.05, 0.1) is 158 Å². The van der Waals surface area contributed by atoms with Crippen LogP contribution in [0, 0.1) is 5.92 Å². The number of ether oxygens (including phenoxy) is 15. The minimum absolute atomic E-state index is 0.00431. The van der Waals surface area contributed by atoms with E-state index in [4.69, 9.17) is 71.1 Å². The van der Waals surface area contributed by atoms with Crippen molar-refractivity contribution in [3.8, 4) is 5.75 Å². The van der Waals surface area contributed by atoms with Gasteiger partial charge in [-0.2, -0.15) is 0 Å². The minimum atomic E-state index is -1.92. The smallest absolute Gasteiger partial charge is 0.335 e. The summed E-state index contributed by atoms with van der Waals surface area (Å²) in [6.07, 6.45) is -10.3. The Hall–Kier alpha value is -3.86. The molecule has 28 heteroatoms. The molecule has 28 nitrogen and oxygen atoms in total. The summed E-state index contributed by atoms with van der Waals surface area (Å²) >= 11 is 0. The maximum atomic E-state index is 13.2. The minimum Gasteiger partial charge on any atom is -0.479 e. The number of carboxylic acid groups (broad SMARTS) is 1. The summed E-state index contributed by atoms with van der Waals surface area (Å²) in [4.78, 5) is 49.5.